The molecule has 0 bridgehead atoms. The summed E-state index contributed by atoms with van der Waals surface area (Å²) in [6, 6.07) is 4.20. The van der Waals surface area contributed by atoms with Crippen LogP contribution in [0.25, 0.3) is 0 Å². The predicted molar refractivity (Wildman–Crippen MR) is 69.4 cm³/mol. The van der Waals surface area contributed by atoms with Crippen LogP contribution in [-0.2, 0) is 0 Å². The molecule has 0 unspecified atom stereocenters. The molecule has 15 heavy (non-hydrogen) atoms. The van der Waals surface area contributed by atoms with Gasteiger partial charge < -0.3 is 0 Å². The van der Waals surface area contributed by atoms with Gasteiger partial charge in [0.2, 0.25) is 0 Å². The Morgan fingerprint density at radius 3 is 2.80 bits per heavy atom. The molecule has 0 aliphatic heterocycles. The van der Waals surface area contributed by atoms with E-state index < -0.39 is 0 Å². The molecule has 1 aliphatic carbocycles. The molecule has 0 amide bonds. The number of halogens is 1. The quantitative estimate of drug-likeness (QED) is 0.762. The van der Waals surface area contributed by atoms with E-state index in [2.05, 4.69) is 33.0 Å². The van der Waals surface area contributed by atoms with Gasteiger partial charge in [-0.15, -0.1) is 11.8 Å². The highest BCUT2D eigenvalue weighted by molar-refractivity contribution is 9.10. The van der Waals surface area contributed by atoms with Crippen molar-refractivity contribution in [1.82, 2.24) is 4.98 Å². The summed E-state index contributed by atoms with van der Waals surface area (Å²) in [5.74, 6) is 2.18. The molecule has 3 heteroatoms. The van der Waals surface area contributed by atoms with Crippen LogP contribution in [0.3, 0.4) is 0 Å². The van der Waals surface area contributed by atoms with Crippen molar-refractivity contribution in [3.05, 3.63) is 22.3 Å². The molecule has 0 spiro atoms. The maximum Gasteiger partial charge on any atom is 0.0963 e. The standard InChI is InChI=1S/C12H16BrNS/c1-9-11(13)6-7-12(14-9)15-8-10-4-2-3-5-10/h6-7,10H,2-5,8H2,1H3. The van der Waals surface area contributed by atoms with Crippen molar-refractivity contribution < 1.29 is 0 Å². The van der Waals surface area contributed by atoms with Gasteiger partial charge in [-0.05, 0) is 53.7 Å². The van der Waals surface area contributed by atoms with Crippen LogP contribution in [0.15, 0.2) is 21.6 Å². The zero-order chi connectivity index (χ0) is 10.7. The smallest absolute Gasteiger partial charge is 0.0963 e. The van der Waals surface area contributed by atoms with E-state index >= 15 is 0 Å². The van der Waals surface area contributed by atoms with Gasteiger partial charge in [0, 0.05) is 10.2 Å². The third-order valence-electron chi connectivity index (χ3n) is 2.94. The molecular weight excluding hydrogens is 270 g/mol. The molecule has 1 fully saturated rings. The van der Waals surface area contributed by atoms with E-state index in [0.717, 1.165) is 16.1 Å². The minimum absolute atomic E-state index is 0.931. The molecule has 1 nitrogen and oxygen atoms in total. The van der Waals surface area contributed by atoms with Crippen LogP contribution in [0.5, 0.6) is 0 Å². The van der Waals surface area contributed by atoms with E-state index in [1.54, 1.807) is 0 Å². The summed E-state index contributed by atoms with van der Waals surface area (Å²) >= 11 is 5.38. The van der Waals surface area contributed by atoms with E-state index in [4.69, 9.17) is 0 Å². The Labute approximate surface area is 104 Å². The lowest BCUT2D eigenvalue weighted by Crippen LogP contribution is -1.97. The number of nitrogens with zero attached hydrogens (tertiary/aromatic N) is 1. The van der Waals surface area contributed by atoms with Crippen LogP contribution in [0.4, 0.5) is 0 Å². The van der Waals surface area contributed by atoms with Crippen molar-refractivity contribution >= 4 is 27.7 Å². The Morgan fingerprint density at radius 2 is 2.13 bits per heavy atom. The highest BCUT2D eigenvalue weighted by Gasteiger charge is 2.15. The van der Waals surface area contributed by atoms with Crippen LogP contribution in [0.2, 0.25) is 0 Å². The number of thioether (sulfide) groups is 1. The fourth-order valence-corrected chi connectivity index (χ4v) is 3.31. The molecule has 0 atom stereocenters. The van der Waals surface area contributed by atoms with Crippen molar-refractivity contribution in [2.45, 2.75) is 37.6 Å². The topological polar surface area (TPSA) is 12.9 Å². The molecule has 0 N–H and O–H groups in total. The molecule has 1 aromatic heterocycles. The highest BCUT2D eigenvalue weighted by atomic mass is 79.9. The summed E-state index contributed by atoms with van der Waals surface area (Å²) in [5.41, 5.74) is 1.09. The second-order valence-electron chi connectivity index (χ2n) is 4.18. The van der Waals surface area contributed by atoms with Crippen molar-refractivity contribution in [3.8, 4) is 0 Å². The molecule has 0 saturated heterocycles. The van der Waals surface area contributed by atoms with Gasteiger partial charge >= 0.3 is 0 Å². The van der Waals surface area contributed by atoms with E-state index in [-0.39, 0.29) is 0 Å². The lowest BCUT2D eigenvalue weighted by Gasteiger charge is -2.08. The Morgan fingerprint density at radius 1 is 1.40 bits per heavy atom. The van der Waals surface area contributed by atoms with Gasteiger partial charge in [-0.25, -0.2) is 4.98 Å². The number of aryl methyl sites for hydroxylation is 1. The molecule has 2 rings (SSSR count). The van der Waals surface area contributed by atoms with Crippen LogP contribution < -0.4 is 0 Å². The maximum atomic E-state index is 4.55. The zero-order valence-electron chi connectivity index (χ0n) is 9.00. The van der Waals surface area contributed by atoms with Gasteiger partial charge in [0.05, 0.1) is 10.7 Å². The number of hydrogen-bond acceptors (Lipinski definition) is 2. The number of pyridine rings is 1. The van der Waals surface area contributed by atoms with Crippen LogP contribution in [0.1, 0.15) is 31.4 Å². The molecule has 0 radical (unpaired) electrons. The van der Waals surface area contributed by atoms with Gasteiger partial charge in [-0.1, -0.05) is 12.8 Å². The minimum atomic E-state index is 0.931. The Kier molecular flexibility index (Phi) is 4.09. The zero-order valence-corrected chi connectivity index (χ0v) is 11.4. The van der Waals surface area contributed by atoms with Crippen LogP contribution in [-0.4, -0.2) is 10.7 Å². The molecule has 1 aromatic rings. The summed E-state index contributed by atoms with van der Waals surface area (Å²) in [5, 5.41) is 1.17. The summed E-state index contributed by atoms with van der Waals surface area (Å²) in [6.07, 6.45) is 5.70. The number of aromatic nitrogens is 1. The van der Waals surface area contributed by atoms with Gasteiger partial charge in [0.15, 0.2) is 0 Å². The SMILES string of the molecule is Cc1nc(SCC2CCCC2)ccc1Br. The van der Waals surface area contributed by atoms with Gasteiger partial charge in [-0.2, -0.15) is 0 Å². The van der Waals surface area contributed by atoms with Crippen molar-refractivity contribution in [1.29, 1.82) is 0 Å². The maximum absolute atomic E-state index is 4.55. The summed E-state index contributed by atoms with van der Waals surface area (Å²) in [4.78, 5) is 4.55. The number of rotatable bonds is 3. The highest BCUT2D eigenvalue weighted by Crippen LogP contribution is 2.30. The predicted octanol–water partition coefficient (Wildman–Crippen LogP) is 4.43. The lowest BCUT2D eigenvalue weighted by atomic mass is 10.1. The molecule has 82 valence electrons. The fourth-order valence-electron chi connectivity index (χ4n) is 1.98. The van der Waals surface area contributed by atoms with Gasteiger partial charge in [0.1, 0.15) is 0 Å². The first kappa shape index (κ1) is 11.5. The van der Waals surface area contributed by atoms with Crippen LogP contribution >= 0.6 is 27.7 Å². The third-order valence-corrected chi connectivity index (χ3v) is 4.94. The van der Waals surface area contributed by atoms with E-state index in [1.165, 1.54) is 36.5 Å². The van der Waals surface area contributed by atoms with Crippen molar-refractivity contribution in [3.63, 3.8) is 0 Å². The Balaban J connectivity index is 1.90. The summed E-state index contributed by atoms with van der Waals surface area (Å²) in [6.45, 7) is 2.05. The molecular formula is C12H16BrNS. The largest absolute Gasteiger partial charge is 0.246 e. The van der Waals surface area contributed by atoms with E-state index in [9.17, 15) is 0 Å². The molecule has 0 aromatic carbocycles. The summed E-state index contributed by atoms with van der Waals surface area (Å²) < 4.78 is 1.10. The normalized spacial score (nSPS) is 17.2. The second kappa shape index (κ2) is 5.35. The van der Waals surface area contributed by atoms with Crippen molar-refractivity contribution in [2.24, 2.45) is 5.92 Å². The second-order valence-corrected chi connectivity index (χ2v) is 6.07. The van der Waals surface area contributed by atoms with E-state index in [1.807, 2.05) is 18.7 Å². The van der Waals surface area contributed by atoms with Crippen molar-refractivity contribution in [2.75, 3.05) is 5.75 Å². The Bertz CT molecular complexity index is 334. The number of hydrogen-bond donors (Lipinski definition) is 0. The lowest BCUT2D eigenvalue weighted by molar-refractivity contribution is 0.623. The first-order valence-electron chi connectivity index (χ1n) is 5.51. The monoisotopic (exact) mass is 285 g/mol. The summed E-state index contributed by atoms with van der Waals surface area (Å²) in [7, 11) is 0. The third kappa shape index (κ3) is 3.22. The minimum Gasteiger partial charge on any atom is -0.246 e. The van der Waals surface area contributed by atoms with Gasteiger partial charge in [-0.3, -0.25) is 0 Å². The fraction of sp³-hybridized carbons (Fsp3) is 0.583. The molecule has 1 heterocycles. The molecule has 1 aliphatic rings. The average molecular weight is 286 g/mol. The molecule has 1 saturated carbocycles. The average Bonchev–Trinajstić information content (AvgIpc) is 2.73. The van der Waals surface area contributed by atoms with Crippen LogP contribution in [0, 0.1) is 12.8 Å². The Hall–Kier alpha value is -0.0200. The van der Waals surface area contributed by atoms with Gasteiger partial charge in [0.25, 0.3) is 0 Å². The first-order valence-corrected chi connectivity index (χ1v) is 7.29. The van der Waals surface area contributed by atoms with E-state index in [0.29, 0.717) is 0 Å². The first-order chi connectivity index (χ1) is 7.25.